The van der Waals surface area contributed by atoms with Crippen LogP contribution in [0.3, 0.4) is 0 Å². The first-order valence-electron chi connectivity index (χ1n) is 12.7. The van der Waals surface area contributed by atoms with E-state index in [1.54, 1.807) is 9.58 Å². The molecule has 1 amide bonds. The molecule has 0 bridgehead atoms. The molecule has 2 aliphatic rings. The quantitative estimate of drug-likeness (QED) is 0.435. The first-order chi connectivity index (χ1) is 18.2. The molecule has 3 heterocycles. The summed E-state index contributed by atoms with van der Waals surface area (Å²) < 4.78 is 29.3. The van der Waals surface area contributed by atoms with Gasteiger partial charge in [-0.2, -0.15) is 5.10 Å². The number of likely N-dealkylation sites (tertiary alicyclic amines) is 1. The molecule has 10 heteroatoms. The van der Waals surface area contributed by atoms with E-state index in [4.69, 9.17) is 0 Å². The number of rotatable bonds is 5. The largest absolute Gasteiger partial charge is 0.388 e. The Morgan fingerprint density at radius 2 is 1.66 bits per heavy atom. The summed E-state index contributed by atoms with van der Waals surface area (Å²) in [5.74, 6) is -3.66. The van der Waals surface area contributed by atoms with Gasteiger partial charge >= 0.3 is 0 Å². The zero-order chi connectivity index (χ0) is 26.5. The number of halogens is 2. The van der Waals surface area contributed by atoms with Gasteiger partial charge in [0, 0.05) is 31.8 Å². The molecule has 0 atom stereocenters. The number of alkyl halides is 2. The molecule has 196 valence electrons. The van der Waals surface area contributed by atoms with Gasteiger partial charge in [-0.3, -0.25) is 14.2 Å². The van der Waals surface area contributed by atoms with Crippen molar-refractivity contribution in [1.82, 2.24) is 24.2 Å². The van der Waals surface area contributed by atoms with Crippen molar-refractivity contribution in [2.75, 3.05) is 13.1 Å². The molecule has 4 aromatic rings. The molecule has 38 heavy (non-hydrogen) atoms. The highest BCUT2D eigenvalue weighted by Gasteiger charge is 2.50. The van der Waals surface area contributed by atoms with Gasteiger partial charge in [-0.25, -0.2) is 18.4 Å². The maximum absolute atomic E-state index is 13.2. The van der Waals surface area contributed by atoms with Crippen molar-refractivity contribution in [2.45, 2.75) is 43.8 Å². The third-order valence-electron chi connectivity index (χ3n) is 7.68. The summed E-state index contributed by atoms with van der Waals surface area (Å²) in [4.78, 5) is 31.7. The van der Waals surface area contributed by atoms with Crippen molar-refractivity contribution >= 4 is 16.9 Å². The average molecular weight is 520 g/mol. The van der Waals surface area contributed by atoms with Crippen LogP contribution in [0.1, 0.15) is 25.7 Å². The van der Waals surface area contributed by atoms with E-state index < -0.39 is 30.3 Å². The van der Waals surface area contributed by atoms with Crippen molar-refractivity contribution in [3.05, 3.63) is 77.5 Å². The molecule has 2 aromatic carbocycles. The summed E-state index contributed by atoms with van der Waals surface area (Å²) in [6.45, 7) is 0.548. The van der Waals surface area contributed by atoms with E-state index in [1.165, 1.54) is 17.1 Å². The molecule has 6 rings (SSSR count). The molecule has 2 aromatic heterocycles. The lowest BCUT2D eigenvalue weighted by atomic mass is 9.79. The number of fused-ring (bicyclic) bond motifs is 1. The zero-order valence-corrected chi connectivity index (χ0v) is 20.6. The topological polar surface area (TPSA) is 93.2 Å². The third kappa shape index (κ3) is 4.49. The predicted molar refractivity (Wildman–Crippen MR) is 137 cm³/mol. The van der Waals surface area contributed by atoms with Gasteiger partial charge in [0.25, 0.3) is 5.56 Å². The lowest BCUT2D eigenvalue weighted by Crippen LogP contribution is -2.53. The monoisotopic (exact) mass is 519 g/mol. The Morgan fingerprint density at radius 1 is 1.00 bits per heavy atom. The highest BCUT2D eigenvalue weighted by molar-refractivity contribution is 5.80. The molecule has 1 saturated carbocycles. The van der Waals surface area contributed by atoms with E-state index in [-0.39, 0.29) is 43.9 Å². The van der Waals surface area contributed by atoms with Gasteiger partial charge < -0.3 is 10.0 Å². The van der Waals surface area contributed by atoms with Crippen LogP contribution < -0.4 is 5.56 Å². The number of benzene rings is 2. The molecule has 8 nitrogen and oxygen atoms in total. The Morgan fingerprint density at radius 3 is 2.32 bits per heavy atom. The summed E-state index contributed by atoms with van der Waals surface area (Å²) in [5, 5.41) is 15.9. The number of carbonyl (C=O) groups excluding carboxylic acids is 1. The van der Waals surface area contributed by atoms with Crippen LogP contribution in [0.15, 0.2) is 71.9 Å². The van der Waals surface area contributed by atoms with Gasteiger partial charge in [-0.05, 0) is 36.1 Å². The molecule has 1 N–H and O–H groups in total. The number of aromatic nitrogens is 4. The molecule has 0 radical (unpaired) electrons. The Hall–Kier alpha value is -3.92. The van der Waals surface area contributed by atoms with Crippen LogP contribution in [-0.4, -0.2) is 59.9 Å². The standard InChI is InChI=1S/C28H27F2N5O3/c29-28(30)14-21(15-28)25(36)33-12-10-27(38,11-13-33)17-34-18-31-24-23(26(34)37)16-32-35(24)22-8-6-20(7-9-22)19-4-2-1-3-5-19/h1-9,16,18,21,38H,10-15,17H2. The van der Waals surface area contributed by atoms with Crippen molar-refractivity contribution in [2.24, 2.45) is 5.92 Å². The van der Waals surface area contributed by atoms with Gasteiger partial charge in [0.1, 0.15) is 11.7 Å². The number of aliphatic hydroxyl groups is 1. The lowest BCUT2D eigenvalue weighted by Gasteiger charge is -2.42. The van der Waals surface area contributed by atoms with E-state index in [2.05, 4.69) is 10.1 Å². The van der Waals surface area contributed by atoms with Crippen LogP contribution in [0.5, 0.6) is 0 Å². The van der Waals surface area contributed by atoms with Gasteiger partial charge in [0.2, 0.25) is 11.8 Å². The Bertz CT molecular complexity index is 1530. The number of hydrogen-bond acceptors (Lipinski definition) is 5. The van der Waals surface area contributed by atoms with Crippen LogP contribution in [0.25, 0.3) is 27.8 Å². The van der Waals surface area contributed by atoms with Crippen LogP contribution in [0.4, 0.5) is 8.78 Å². The molecule has 2 fully saturated rings. The highest BCUT2D eigenvalue weighted by Crippen LogP contribution is 2.43. The fourth-order valence-corrected chi connectivity index (χ4v) is 5.39. The summed E-state index contributed by atoms with van der Waals surface area (Å²) in [7, 11) is 0. The minimum atomic E-state index is -2.75. The molecular weight excluding hydrogens is 492 g/mol. The average Bonchev–Trinajstić information content (AvgIpc) is 3.34. The summed E-state index contributed by atoms with van der Waals surface area (Å²) in [5.41, 5.74) is 1.83. The lowest BCUT2D eigenvalue weighted by molar-refractivity contribution is -0.163. The third-order valence-corrected chi connectivity index (χ3v) is 7.68. The maximum atomic E-state index is 13.2. The molecule has 1 saturated heterocycles. The van der Waals surface area contributed by atoms with E-state index >= 15 is 0 Å². The predicted octanol–water partition coefficient (Wildman–Crippen LogP) is 3.65. The Labute approximate surface area is 217 Å². The van der Waals surface area contributed by atoms with Gasteiger partial charge in [-0.15, -0.1) is 0 Å². The number of piperidine rings is 1. The van der Waals surface area contributed by atoms with E-state index in [0.29, 0.717) is 11.0 Å². The number of carbonyl (C=O) groups is 1. The molecule has 0 unspecified atom stereocenters. The van der Waals surface area contributed by atoms with Crippen LogP contribution in [0, 0.1) is 5.92 Å². The van der Waals surface area contributed by atoms with E-state index in [0.717, 1.165) is 16.8 Å². The zero-order valence-electron chi connectivity index (χ0n) is 20.6. The summed E-state index contributed by atoms with van der Waals surface area (Å²) >= 11 is 0. The van der Waals surface area contributed by atoms with Crippen molar-refractivity contribution in [3.8, 4) is 16.8 Å². The van der Waals surface area contributed by atoms with Crippen molar-refractivity contribution < 1.29 is 18.7 Å². The van der Waals surface area contributed by atoms with Crippen molar-refractivity contribution in [1.29, 1.82) is 0 Å². The molecule has 1 aliphatic carbocycles. The minimum absolute atomic E-state index is 0.0231. The fourth-order valence-electron chi connectivity index (χ4n) is 5.39. The Balaban J connectivity index is 1.16. The Kier molecular flexibility index (Phi) is 5.86. The van der Waals surface area contributed by atoms with E-state index in [9.17, 15) is 23.5 Å². The van der Waals surface area contributed by atoms with E-state index in [1.807, 2.05) is 54.6 Å². The summed E-state index contributed by atoms with van der Waals surface area (Å²) in [6, 6.07) is 17.8. The van der Waals surface area contributed by atoms with Gasteiger partial charge in [0.05, 0.1) is 24.0 Å². The second-order valence-corrected chi connectivity index (χ2v) is 10.4. The SMILES string of the molecule is O=C(C1CC(F)(F)C1)N1CCC(O)(Cn2cnc3c(cnn3-c3ccc(-c4ccccc4)cc3)c2=O)CC1. The molecule has 1 aliphatic heterocycles. The number of nitrogens with zero attached hydrogens (tertiary/aromatic N) is 5. The highest BCUT2D eigenvalue weighted by atomic mass is 19.3. The van der Waals surface area contributed by atoms with Crippen molar-refractivity contribution in [3.63, 3.8) is 0 Å². The number of amides is 1. The van der Waals surface area contributed by atoms with Gasteiger partial charge in [0.15, 0.2) is 5.65 Å². The fraction of sp³-hybridized carbons (Fsp3) is 0.357. The van der Waals surface area contributed by atoms with Crippen LogP contribution in [0.2, 0.25) is 0 Å². The second-order valence-electron chi connectivity index (χ2n) is 10.4. The normalized spacial score (nSPS) is 18.9. The van der Waals surface area contributed by atoms with Gasteiger partial charge in [-0.1, -0.05) is 42.5 Å². The molecule has 0 spiro atoms. The first-order valence-corrected chi connectivity index (χ1v) is 12.7. The second kappa shape index (κ2) is 9.13. The first kappa shape index (κ1) is 24.4. The summed E-state index contributed by atoms with van der Waals surface area (Å²) in [6.07, 6.45) is 2.58. The van der Waals surface area contributed by atoms with Crippen LogP contribution >= 0.6 is 0 Å². The van der Waals surface area contributed by atoms with Crippen LogP contribution in [-0.2, 0) is 11.3 Å². The minimum Gasteiger partial charge on any atom is -0.388 e. The number of hydrogen-bond donors (Lipinski definition) is 1. The smallest absolute Gasteiger partial charge is 0.264 e. The maximum Gasteiger partial charge on any atom is 0.264 e. The molecular formula is C28H27F2N5O3.